The smallest absolute Gasteiger partial charge is 0.317 e. The minimum Gasteiger partial charge on any atom is -0.396 e. The largest absolute Gasteiger partial charge is 0.396 e. The first kappa shape index (κ1) is 10.7. The van der Waals surface area contributed by atoms with Crippen LogP contribution in [0.5, 0.6) is 0 Å². The Balaban J connectivity index is 1.70. The molecule has 0 unspecified atom stereocenters. The topological polar surface area (TPSA) is 52.6 Å². The summed E-state index contributed by atoms with van der Waals surface area (Å²) >= 11 is 0. The lowest BCUT2D eigenvalue weighted by Crippen LogP contribution is -2.40. The highest BCUT2D eigenvalue weighted by Crippen LogP contribution is 2.47. The second kappa shape index (κ2) is 4.39. The Bertz CT molecular complexity index is 233. The van der Waals surface area contributed by atoms with Gasteiger partial charge < -0.3 is 15.3 Å². The zero-order chi connectivity index (χ0) is 10.7. The third-order valence-corrected chi connectivity index (χ3v) is 3.61. The first-order chi connectivity index (χ1) is 7.26. The molecule has 2 N–H and O–H groups in total. The summed E-state index contributed by atoms with van der Waals surface area (Å²) in [5.41, 5.74) is 0.226. The summed E-state index contributed by atoms with van der Waals surface area (Å²) in [5.74, 6) is 0. The number of nitrogens with zero attached hydrogens (tertiary/aromatic N) is 1. The van der Waals surface area contributed by atoms with Crippen LogP contribution in [-0.4, -0.2) is 42.3 Å². The Morgan fingerprint density at radius 3 is 2.53 bits per heavy atom. The Hall–Kier alpha value is -0.770. The molecule has 1 saturated carbocycles. The van der Waals surface area contributed by atoms with Crippen molar-refractivity contribution in [1.29, 1.82) is 0 Å². The lowest BCUT2D eigenvalue weighted by Gasteiger charge is -2.19. The van der Waals surface area contributed by atoms with Crippen LogP contribution in [0.2, 0.25) is 0 Å². The zero-order valence-electron chi connectivity index (χ0n) is 9.17. The number of amides is 2. The van der Waals surface area contributed by atoms with E-state index in [0.29, 0.717) is 0 Å². The van der Waals surface area contributed by atoms with E-state index in [9.17, 15) is 4.79 Å². The van der Waals surface area contributed by atoms with Crippen molar-refractivity contribution in [3.63, 3.8) is 0 Å². The Morgan fingerprint density at radius 2 is 2.00 bits per heavy atom. The lowest BCUT2D eigenvalue weighted by atomic mass is 10.0. The van der Waals surface area contributed by atoms with Crippen molar-refractivity contribution in [1.82, 2.24) is 10.2 Å². The molecule has 1 heterocycles. The maximum Gasteiger partial charge on any atom is 0.317 e. The summed E-state index contributed by atoms with van der Waals surface area (Å²) in [7, 11) is 0. The van der Waals surface area contributed by atoms with E-state index in [4.69, 9.17) is 5.11 Å². The highest BCUT2D eigenvalue weighted by atomic mass is 16.3. The van der Waals surface area contributed by atoms with Crippen LogP contribution in [0, 0.1) is 5.41 Å². The molecule has 0 radical (unpaired) electrons. The normalized spacial score (nSPS) is 22.9. The highest BCUT2D eigenvalue weighted by Gasteiger charge is 2.42. The van der Waals surface area contributed by atoms with Crippen molar-refractivity contribution in [3.8, 4) is 0 Å². The number of hydrogen-bond donors (Lipinski definition) is 2. The highest BCUT2D eigenvalue weighted by molar-refractivity contribution is 5.74. The van der Waals surface area contributed by atoms with E-state index < -0.39 is 0 Å². The summed E-state index contributed by atoms with van der Waals surface area (Å²) in [6.45, 7) is 2.78. The van der Waals surface area contributed by atoms with Gasteiger partial charge in [-0.1, -0.05) is 0 Å². The van der Waals surface area contributed by atoms with E-state index in [1.165, 1.54) is 0 Å². The van der Waals surface area contributed by atoms with Gasteiger partial charge in [-0.25, -0.2) is 4.79 Å². The van der Waals surface area contributed by atoms with Crippen LogP contribution in [0.4, 0.5) is 4.79 Å². The predicted molar refractivity (Wildman–Crippen MR) is 57.6 cm³/mol. The quantitative estimate of drug-likeness (QED) is 0.729. The van der Waals surface area contributed by atoms with E-state index in [1.54, 1.807) is 0 Å². The molecule has 86 valence electrons. The van der Waals surface area contributed by atoms with Crippen LogP contribution < -0.4 is 5.32 Å². The van der Waals surface area contributed by atoms with Gasteiger partial charge in [0.15, 0.2) is 0 Å². The van der Waals surface area contributed by atoms with Crippen molar-refractivity contribution in [2.24, 2.45) is 5.41 Å². The van der Waals surface area contributed by atoms with Crippen molar-refractivity contribution in [3.05, 3.63) is 0 Å². The van der Waals surface area contributed by atoms with Crippen molar-refractivity contribution < 1.29 is 9.90 Å². The molecule has 4 nitrogen and oxygen atoms in total. The monoisotopic (exact) mass is 212 g/mol. The molecule has 1 saturated heterocycles. The summed E-state index contributed by atoms with van der Waals surface area (Å²) in [5, 5.41) is 11.9. The molecule has 15 heavy (non-hydrogen) atoms. The Labute approximate surface area is 90.6 Å². The van der Waals surface area contributed by atoms with Crippen LogP contribution in [0.3, 0.4) is 0 Å². The fraction of sp³-hybridized carbons (Fsp3) is 0.909. The van der Waals surface area contributed by atoms with Gasteiger partial charge in [-0.15, -0.1) is 0 Å². The fourth-order valence-corrected chi connectivity index (χ4v) is 2.22. The number of carbonyl (C=O) groups excluding carboxylic acids is 1. The number of hydrogen-bond acceptors (Lipinski definition) is 2. The van der Waals surface area contributed by atoms with E-state index in [1.807, 2.05) is 4.90 Å². The van der Waals surface area contributed by atoms with Crippen LogP contribution in [0.15, 0.2) is 0 Å². The molecule has 2 aliphatic rings. The van der Waals surface area contributed by atoms with Gasteiger partial charge in [0.1, 0.15) is 0 Å². The molecule has 0 bridgehead atoms. The predicted octanol–water partition coefficient (Wildman–Crippen LogP) is 0.954. The standard InChI is InChI=1S/C11H20N2O2/c14-8-5-11(3-4-11)9-12-10(15)13-6-1-2-7-13/h14H,1-9H2,(H,12,15). The van der Waals surface area contributed by atoms with Crippen molar-refractivity contribution >= 4 is 6.03 Å². The molecule has 2 fully saturated rings. The number of rotatable bonds is 4. The van der Waals surface area contributed by atoms with Gasteiger partial charge in [0.05, 0.1) is 0 Å². The molecule has 2 rings (SSSR count). The molecule has 4 heteroatoms. The maximum absolute atomic E-state index is 11.7. The van der Waals surface area contributed by atoms with Gasteiger partial charge in [-0.3, -0.25) is 0 Å². The van der Waals surface area contributed by atoms with Gasteiger partial charge in [0, 0.05) is 26.2 Å². The zero-order valence-corrected chi connectivity index (χ0v) is 9.17. The van der Waals surface area contributed by atoms with E-state index >= 15 is 0 Å². The molecular formula is C11H20N2O2. The van der Waals surface area contributed by atoms with Gasteiger partial charge >= 0.3 is 6.03 Å². The van der Waals surface area contributed by atoms with Crippen molar-refractivity contribution in [2.45, 2.75) is 32.1 Å². The first-order valence-electron chi connectivity index (χ1n) is 5.89. The minimum absolute atomic E-state index is 0.0803. The molecule has 1 aliphatic heterocycles. The summed E-state index contributed by atoms with van der Waals surface area (Å²) in [4.78, 5) is 13.6. The number of nitrogens with one attached hydrogen (secondary N) is 1. The first-order valence-corrected chi connectivity index (χ1v) is 5.89. The third kappa shape index (κ3) is 2.62. The molecule has 0 aromatic carbocycles. The second-order valence-electron chi connectivity index (χ2n) is 4.83. The average Bonchev–Trinajstić information content (AvgIpc) is 2.81. The SMILES string of the molecule is O=C(NCC1(CCO)CC1)N1CCCC1. The van der Waals surface area contributed by atoms with Gasteiger partial charge in [-0.05, 0) is 37.5 Å². The summed E-state index contributed by atoms with van der Waals surface area (Å²) in [6.07, 6.45) is 5.39. The van der Waals surface area contributed by atoms with Crippen LogP contribution >= 0.6 is 0 Å². The lowest BCUT2D eigenvalue weighted by molar-refractivity contribution is 0.201. The number of urea groups is 1. The minimum atomic E-state index is 0.0803. The Kier molecular flexibility index (Phi) is 3.14. The van der Waals surface area contributed by atoms with Crippen LogP contribution in [0.1, 0.15) is 32.1 Å². The van der Waals surface area contributed by atoms with Crippen LogP contribution in [0.25, 0.3) is 0 Å². The Morgan fingerprint density at radius 1 is 1.33 bits per heavy atom. The van der Waals surface area contributed by atoms with E-state index in [0.717, 1.165) is 51.7 Å². The van der Waals surface area contributed by atoms with Gasteiger partial charge in [0.25, 0.3) is 0 Å². The molecule has 0 aromatic rings. The molecule has 1 aliphatic carbocycles. The van der Waals surface area contributed by atoms with Gasteiger partial charge in [-0.2, -0.15) is 0 Å². The summed E-state index contributed by atoms with van der Waals surface area (Å²) in [6, 6.07) is 0.0803. The maximum atomic E-state index is 11.7. The van der Waals surface area contributed by atoms with E-state index in [2.05, 4.69) is 5.32 Å². The second-order valence-corrected chi connectivity index (χ2v) is 4.83. The number of aliphatic hydroxyl groups excluding tert-OH is 1. The van der Waals surface area contributed by atoms with Crippen molar-refractivity contribution in [2.75, 3.05) is 26.2 Å². The fourth-order valence-electron chi connectivity index (χ4n) is 2.22. The molecule has 0 atom stereocenters. The molecule has 0 aromatic heterocycles. The average molecular weight is 212 g/mol. The summed E-state index contributed by atoms with van der Waals surface area (Å²) < 4.78 is 0. The van der Waals surface area contributed by atoms with Crippen LogP contribution in [-0.2, 0) is 0 Å². The van der Waals surface area contributed by atoms with E-state index in [-0.39, 0.29) is 18.1 Å². The molecular weight excluding hydrogens is 192 g/mol. The molecule has 2 amide bonds. The van der Waals surface area contributed by atoms with Gasteiger partial charge in [0.2, 0.25) is 0 Å². The number of likely N-dealkylation sites (tertiary alicyclic amines) is 1. The number of aliphatic hydroxyl groups is 1. The third-order valence-electron chi connectivity index (χ3n) is 3.61. The molecule has 0 spiro atoms. The number of carbonyl (C=O) groups is 1.